The molecule has 7 heteroatoms. The van der Waals surface area contributed by atoms with Gasteiger partial charge in [-0.2, -0.15) is 4.98 Å². The van der Waals surface area contributed by atoms with Crippen LogP contribution in [0.5, 0.6) is 5.75 Å². The molecule has 2 aliphatic heterocycles. The summed E-state index contributed by atoms with van der Waals surface area (Å²) in [5.74, 6) is 2.20. The zero-order valence-electron chi connectivity index (χ0n) is 18.2. The lowest BCUT2D eigenvalue weighted by molar-refractivity contribution is -0.127. The van der Waals surface area contributed by atoms with Gasteiger partial charge in [0.25, 0.3) is 0 Å². The molecule has 2 aromatic carbocycles. The molecule has 2 aliphatic rings. The van der Waals surface area contributed by atoms with Crippen molar-refractivity contribution >= 4 is 12.0 Å². The Kier molecular flexibility index (Phi) is 5.73. The Morgan fingerprint density at radius 2 is 1.91 bits per heavy atom. The highest BCUT2D eigenvalue weighted by atomic mass is 16.5. The van der Waals surface area contributed by atoms with E-state index in [1.54, 1.807) is 6.08 Å². The maximum Gasteiger partial charge on any atom is 0.246 e. The Hall–Kier alpha value is -3.45. The molecule has 164 valence electrons. The highest BCUT2D eigenvalue weighted by Gasteiger charge is 2.21. The number of nitrogens with zero attached hydrogens (tertiary/aromatic N) is 4. The lowest BCUT2D eigenvalue weighted by atomic mass is 10.1. The first-order valence-corrected chi connectivity index (χ1v) is 11.0. The predicted octanol–water partition coefficient (Wildman–Crippen LogP) is 3.34. The number of hydrogen-bond donors (Lipinski definition) is 0. The lowest BCUT2D eigenvalue weighted by Crippen LogP contribution is -2.47. The van der Waals surface area contributed by atoms with Crippen molar-refractivity contribution in [3.63, 3.8) is 0 Å². The topological polar surface area (TPSA) is 71.7 Å². The third-order valence-corrected chi connectivity index (χ3v) is 5.95. The fourth-order valence-corrected chi connectivity index (χ4v) is 4.04. The van der Waals surface area contributed by atoms with Crippen LogP contribution in [-0.4, -0.2) is 58.6 Å². The van der Waals surface area contributed by atoms with Gasteiger partial charge in [0.15, 0.2) is 0 Å². The SMILES string of the molecule is Cc1ccc(-c2noc(CN3CCN(C(=O)/C=C/c4ccc5c(c4)CCO5)CC3)n2)cc1. The normalized spacial score (nSPS) is 16.3. The van der Waals surface area contributed by atoms with E-state index in [1.165, 1.54) is 11.1 Å². The number of rotatable bonds is 5. The lowest BCUT2D eigenvalue weighted by Gasteiger charge is -2.33. The molecule has 0 unspecified atom stereocenters. The van der Waals surface area contributed by atoms with Crippen LogP contribution in [0.4, 0.5) is 0 Å². The summed E-state index contributed by atoms with van der Waals surface area (Å²) in [6.45, 7) is 6.29. The van der Waals surface area contributed by atoms with Crippen LogP contribution >= 0.6 is 0 Å². The van der Waals surface area contributed by atoms with Crippen LogP contribution in [0.1, 0.15) is 22.6 Å². The number of amides is 1. The van der Waals surface area contributed by atoms with Crippen LogP contribution in [0.15, 0.2) is 53.1 Å². The average molecular weight is 431 g/mol. The van der Waals surface area contributed by atoms with Crippen molar-refractivity contribution in [2.75, 3.05) is 32.8 Å². The third kappa shape index (κ3) is 4.57. The quantitative estimate of drug-likeness (QED) is 0.578. The van der Waals surface area contributed by atoms with Crippen LogP contribution in [-0.2, 0) is 17.8 Å². The van der Waals surface area contributed by atoms with E-state index in [1.807, 2.05) is 54.3 Å². The van der Waals surface area contributed by atoms with E-state index in [0.29, 0.717) is 31.3 Å². The molecule has 1 fully saturated rings. The van der Waals surface area contributed by atoms with E-state index in [4.69, 9.17) is 9.26 Å². The van der Waals surface area contributed by atoms with E-state index in [0.717, 1.165) is 43.0 Å². The molecular weight excluding hydrogens is 404 g/mol. The highest BCUT2D eigenvalue weighted by Crippen LogP contribution is 2.26. The van der Waals surface area contributed by atoms with Gasteiger partial charge in [-0.15, -0.1) is 0 Å². The Bertz CT molecular complexity index is 1130. The van der Waals surface area contributed by atoms with Crippen molar-refractivity contribution in [3.8, 4) is 17.1 Å². The molecular formula is C25H26N4O3. The summed E-state index contributed by atoms with van der Waals surface area (Å²) in [6.07, 6.45) is 4.48. The minimum absolute atomic E-state index is 0.0425. The Balaban J connectivity index is 1.12. The molecule has 32 heavy (non-hydrogen) atoms. The molecule has 3 aromatic rings. The van der Waals surface area contributed by atoms with Gasteiger partial charge in [0.2, 0.25) is 17.6 Å². The summed E-state index contributed by atoms with van der Waals surface area (Å²) >= 11 is 0. The molecule has 5 rings (SSSR count). The van der Waals surface area contributed by atoms with Crippen LogP contribution < -0.4 is 4.74 Å². The van der Waals surface area contributed by atoms with E-state index in [9.17, 15) is 4.79 Å². The number of aromatic nitrogens is 2. The third-order valence-electron chi connectivity index (χ3n) is 5.95. The summed E-state index contributed by atoms with van der Waals surface area (Å²) in [7, 11) is 0. The van der Waals surface area contributed by atoms with E-state index >= 15 is 0 Å². The number of carbonyl (C=O) groups is 1. The van der Waals surface area contributed by atoms with Gasteiger partial charge in [-0.3, -0.25) is 9.69 Å². The minimum Gasteiger partial charge on any atom is -0.493 e. The van der Waals surface area contributed by atoms with Crippen LogP contribution in [0.3, 0.4) is 0 Å². The van der Waals surface area contributed by atoms with Crippen LogP contribution in [0.25, 0.3) is 17.5 Å². The molecule has 0 saturated carbocycles. The van der Waals surface area contributed by atoms with Crippen molar-refractivity contribution < 1.29 is 14.1 Å². The van der Waals surface area contributed by atoms with Gasteiger partial charge in [0, 0.05) is 44.2 Å². The molecule has 1 aromatic heterocycles. The molecule has 7 nitrogen and oxygen atoms in total. The molecule has 0 radical (unpaired) electrons. The van der Waals surface area contributed by atoms with Crippen molar-refractivity contribution in [3.05, 3.63) is 71.1 Å². The number of benzene rings is 2. The monoisotopic (exact) mass is 430 g/mol. The maximum absolute atomic E-state index is 12.6. The number of aryl methyl sites for hydroxylation is 1. The van der Waals surface area contributed by atoms with Gasteiger partial charge in [0.05, 0.1) is 13.2 Å². The number of carbonyl (C=O) groups excluding carboxylic acids is 1. The fraction of sp³-hybridized carbons (Fsp3) is 0.320. The average Bonchev–Trinajstić information content (AvgIpc) is 3.48. The van der Waals surface area contributed by atoms with Gasteiger partial charge in [0.1, 0.15) is 5.75 Å². The smallest absolute Gasteiger partial charge is 0.246 e. The summed E-state index contributed by atoms with van der Waals surface area (Å²) in [6, 6.07) is 14.1. The first-order chi connectivity index (χ1) is 15.6. The van der Waals surface area contributed by atoms with Crippen molar-refractivity contribution in [1.29, 1.82) is 0 Å². The molecule has 0 spiro atoms. The van der Waals surface area contributed by atoms with Crippen molar-refractivity contribution in [2.45, 2.75) is 19.9 Å². The zero-order chi connectivity index (χ0) is 21.9. The Labute approximate surface area is 187 Å². The van der Waals surface area contributed by atoms with E-state index in [2.05, 4.69) is 21.1 Å². The summed E-state index contributed by atoms with van der Waals surface area (Å²) in [4.78, 5) is 21.3. The maximum atomic E-state index is 12.6. The molecule has 0 atom stereocenters. The fourth-order valence-electron chi connectivity index (χ4n) is 4.04. The summed E-state index contributed by atoms with van der Waals surface area (Å²) in [5, 5.41) is 4.11. The number of piperazine rings is 1. The molecule has 0 N–H and O–H groups in total. The van der Waals surface area contributed by atoms with Gasteiger partial charge in [-0.05, 0) is 36.3 Å². The second-order valence-electron chi connectivity index (χ2n) is 8.28. The molecule has 0 bridgehead atoms. The van der Waals surface area contributed by atoms with E-state index in [-0.39, 0.29) is 5.91 Å². The highest BCUT2D eigenvalue weighted by molar-refractivity contribution is 5.91. The van der Waals surface area contributed by atoms with Gasteiger partial charge in [-0.25, -0.2) is 0 Å². The molecule has 0 aliphatic carbocycles. The molecule has 3 heterocycles. The molecule has 1 amide bonds. The van der Waals surface area contributed by atoms with Crippen molar-refractivity contribution in [1.82, 2.24) is 19.9 Å². The second kappa shape index (κ2) is 8.96. The summed E-state index contributed by atoms with van der Waals surface area (Å²) in [5.41, 5.74) is 4.38. The summed E-state index contributed by atoms with van der Waals surface area (Å²) < 4.78 is 11.0. The Morgan fingerprint density at radius 1 is 1.09 bits per heavy atom. The Morgan fingerprint density at radius 3 is 2.72 bits per heavy atom. The number of hydrogen-bond acceptors (Lipinski definition) is 6. The standard InChI is InChI=1S/C25H26N4O3/c1-18-2-6-20(7-3-18)25-26-23(32-27-25)17-28-11-13-29(14-12-28)24(30)9-5-19-4-8-22-21(16-19)10-15-31-22/h2-9,16H,10-15,17H2,1H3/b9-5+. The van der Waals surface area contributed by atoms with Gasteiger partial charge < -0.3 is 14.2 Å². The van der Waals surface area contributed by atoms with Crippen LogP contribution in [0, 0.1) is 6.92 Å². The van der Waals surface area contributed by atoms with Gasteiger partial charge >= 0.3 is 0 Å². The minimum atomic E-state index is 0.0425. The van der Waals surface area contributed by atoms with E-state index < -0.39 is 0 Å². The first kappa shape index (κ1) is 20.5. The molecule has 1 saturated heterocycles. The first-order valence-electron chi connectivity index (χ1n) is 11.0. The zero-order valence-corrected chi connectivity index (χ0v) is 18.2. The second-order valence-corrected chi connectivity index (χ2v) is 8.28. The number of fused-ring (bicyclic) bond motifs is 1. The number of ether oxygens (including phenoxy) is 1. The van der Waals surface area contributed by atoms with Crippen LogP contribution in [0.2, 0.25) is 0 Å². The van der Waals surface area contributed by atoms with Gasteiger partial charge in [-0.1, -0.05) is 41.1 Å². The van der Waals surface area contributed by atoms with Crippen molar-refractivity contribution in [2.24, 2.45) is 0 Å². The predicted molar refractivity (Wildman–Crippen MR) is 121 cm³/mol. The largest absolute Gasteiger partial charge is 0.493 e.